The smallest absolute Gasteiger partial charge is 0.254 e. The molecule has 0 N–H and O–H groups in total. The Morgan fingerprint density at radius 3 is 2.42 bits per heavy atom. The molecule has 0 saturated carbocycles. The van der Waals surface area contributed by atoms with E-state index in [2.05, 4.69) is 6.07 Å². The molecule has 134 valence electrons. The molecule has 0 atom stereocenters. The molecular formula is C21H21ClN2O2. The molecule has 0 aromatic heterocycles. The van der Waals surface area contributed by atoms with Gasteiger partial charge >= 0.3 is 0 Å². The molecule has 2 aromatic rings. The highest BCUT2D eigenvalue weighted by Crippen LogP contribution is 2.26. The molecule has 1 fully saturated rings. The van der Waals surface area contributed by atoms with Crippen LogP contribution >= 0.6 is 11.6 Å². The van der Waals surface area contributed by atoms with Crippen molar-refractivity contribution in [3.8, 4) is 17.2 Å². The third kappa shape index (κ3) is 3.90. The molecule has 1 saturated heterocycles. The van der Waals surface area contributed by atoms with Crippen LogP contribution in [0, 0.1) is 11.3 Å². The second-order valence-corrected chi connectivity index (χ2v) is 6.73. The first kappa shape index (κ1) is 18.4. The molecule has 0 spiro atoms. The van der Waals surface area contributed by atoms with Crippen molar-refractivity contribution < 1.29 is 9.53 Å². The van der Waals surface area contributed by atoms with Crippen LogP contribution in [0.1, 0.15) is 35.7 Å². The van der Waals surface area contributed by atoms with Gasteiger partial charge in [0.15, 0.2) is 0 Å². The molecule has 1 heterocycles. The van der Waals surface area contributed by atoms with Crippen LogP contribution in [0.4, 0.5) is 0 Å². The number of hydrogen-bond donors (Lipinski definition) is 0. The standard InChI is InChI=1S/C21H21ClN2O2/c1-2-24(19-9-11-26-12-10-19)21(25)16-5-3-15(4-6-16)17-7-8-18(14-23)20(22)13-17/h3-8,13,19H,2,9-12H2,1H3. The van der Waals surface area contributed by atoms with Crippen molar-refractivity contribution >= 4 is 17.5 Å². The Labute approximate surface area is 158 Å². The van der Waals surface area contributed by atoms with Crippen LogP contribution in [-0.4, -0.2) is 36.6 Å². The van der Waals surface area contributed by atoms with E-state index in [1.54, 1.807) is 12.1 Å². The molecule has 2 aromatic carbocycles. The lowest BCUT2D eigenvalue weighted by Crippen LogP contribution is -2.43. The number of hydrogen-bond acceptors (Lipinski definition) is 3. The molecule has 5 heteroatoms. The van der Waals surface area contributed by atoms with Crippen molar-refractivity contribution in [1.82, 2.24) is 4.90 Å². The van der Waals surface area contributed by atoms with Gasteiger partial charge in [0.05, 0.1) is 10.6 Å². The van der Waals surface area contributed by atoms with Crippen LogP contribution in [0.5, 0.6) is 0 Å². The quantitative estimate of drug-likeness (QED) is 0.797. The molecule has 1 aliphatic rings. The van der Waals surface area contributed by atoms with E-state index in [4.69, 9.17) is 21.6 Å². The number of halogens is 1. The van der Waals surface area contributed by atoms with Crippen molar-refractivity contribution in [3.05, 3.63) is 58.6 Å². The predicted octanol–water partition coefficient (Wildman–Crippen LogP) is 4.52. The molecule has 26 heavy (non-hydrogen) atoms. The van der Waals surface area contributed by atoms with Gasteiger partial charge in [-0.3, -0.25) is 4.79 Å². The topological polar surface area (TPSA) is 53.3 Å². The Hall–Kier alpha value is -2.35. The Bertz CT molecular complexity index is 821. The van der Waals surface area contributed by atoms with Gasteiger partial charge in [-0.15, -0.1) is 0 Å². The average molecular weight is 369 g/mol. The van der Waals surface area contributed by atoms with E-state index >= 15 is 0 Å². The predicted molar refractivity (Wildman–Crippen MR) is 102 cm³/mol. The summed E-state index contributed by atoms with van der Waals surface area (Å²) < 4.78 is 5.40. The lowest BCUT2D eigenvalue weighted by molar-refractivity contribution is 0.0305. The van der Waals surface area contributed by atoms with Crippen LogP contribution in [-0.2, 0) is 4.74 Å². The van der Waals surface area contributed by atoms with Crippen molar-refractivity contribution in [2.24, 2.45) is 0 Å². The average Bonchev–Trinajstić information content (AvgIpc) is 2.69. The monoisotopic (exact) mass is 368 g/mol. The van der Waals surface area contributed by atoms with Gasteiger partial charge in [-0.2, -0.15) is 5.26 Å². The molecule has 1 amide bonds. The number of benzene rings is 2. The summed E-state index contributed by atoms with van der Waals surface area (Å²) in [6, 6.07) is 15.2. The third-order valence-corrected chi connectivity index (χ3v) is 5.10. The van der Waals surface area contributed by atoms with Crippen LogP contribution in [0.2, 0.25) is 5.02 Å². The normalized spacial score (nSPS) is 14.7. The number of nitriles is 1. The zero-order valence-electron chi connectivity index (χ0n) is 14.7. The summed E-state index contributed by atoms with van der Waals surface area (Å²) in [5, 5.41) is 9.41. The first-order valence-electron chi connectivity index (χ1n) is 8.83. The fourth-order valence-corrected chi connectivity index (χ4v) is 3.54. The summed E-state index contributed by atoms with van der Waals surface area (Å²) >= 11 is 6.11. The van der Waals surface area contributed by atoms with Gasteiger partial charge in [0, 0.05) is 31.4 Å². The Morgan fingerprint density at radius 2 is 1.85 bits per heavy atom. The fourth-order valence-electron chi connectivity index (χ4n) is 3.32. The molecule has 0 aliphatic carbocycles. The highest BCUT2D eigenvalue weighted by molar-refractivity contribution is 6.32. The zero-order valence-corrected chi connectivity index (χ0v) is 15.5. The van der Waals surface area contributed by atoms with Gasteiger partial charge in [-0.05, 0) is 55.2 Å². The molecule has 0 bridgehead atoms. The van der Waals surface area contributed by atoms with E-state index in [1.165, 1.54) is 0 Å². The maximum absolute atomic E-state index is 12.9. The van der Waals surface area contributed by atoms with Crippen molar-refractivity contribution in [2.75, 3.05) is 19.8 Å². The summed E-state index contributed by atoms with van der Waals surface area (Å²) in [6.45, 7) is 4.14. The number of rotatable bonds is 4. The van der Waals surface area contributed by atoms with E-state index in [1.807, 2.05) is 42.2 Å². The number of ether oxygens (including phenoxy) is 1. The van der Waals surface area contributed by atoms with Gasteiger partial charge < -0.3 is 9.64 Å². The molecule has 4 nitrogen and oxygen atoms in total. The van der Waals surface area contributed by atoms with E-state index in [0.717, 1.165) is 24.0 Å². The van der Waals surface area contributed by atoms with E-state index < -0.39 is 0 Å². The maximum Gasteiger partial charge on any atom is 0.254 e. The van der Waals surface area contributed by atoms with E-state index in [0.29, 0.717) is 35.9 Å². The van der Waals surface area contributed by atoms with Crippen molar-refractivity contribution in [1.29, 1.82) is 5.26 Å². The highest BCUT2D eigenvalue weighted by atomic mass is 35.5. The highest BCUT2D eigenvalue weighted by Gasteiger charge is 2.25. The minimum Gasteiger partial charge on any atom is -0.381 e. The Kier molecular flexibility index (Phi) is 5.92. The third-order valence-electron chi connectivity index (χ3n) is 4.79. The van der Waals surface area contributed by atoms with Crippen LogP contribution in [0.25, 0.3) is 11.1 Å². The Morgan fingerprint density at radius 1 is 1.19 bits per heavy atom. The maximum atomic E-state index is 12.9. The molecule has 3 rings (SSSR count). The minimum atomic E-state index is 0.0591. The first-order valence-corrected chi connectivity index (χ1v) is 9.20. The van der Waals surface area contributed by atoms with Gasteiger partial charge in [0.25, 0.3) is 5.91 Å². The summed E-state index contributed by atoms with van der Waals surface area (Å²) in [7, 11) is 0. The van der Waals surface area contributed by atoms with E-state index in [9.17, 15) is 4.79 Å². The van der Waals surface area contributed by atoms with Gasteiger partial charge in [0.2, 0.25) is 0 Å². The number of carbonyl (C=O) groups is 1. The SMILES string of the molecule is CCN(C(=O)c1ccc(-c2ccc(C#N)c(Cl)c2)cc1)C1CCOCC1. The number of amides is 1. The molecule has 0 unspecified atom stereocenters. The van der Waals surface area contributed by atoms with Crippen LogP contribution < -0.4 is 0 Å². The summed E-state index contributed by atoms with van der Waals surface area (Å²) in [6.07, 6.45) is 1.78. The van der Waals surface area contributed by atoms with Gasteiger partial charge in [-0.1, -0.05) is 29.8 Å². The Balaban J connectivity index is 1.79. The minimum absolute atomic E-state index is 0.0591. The second kappa shape index (κ2) is 8.35. The fraction of sp³-hybridized carbons (Fsp3) is 0.333. The second-order valence-electron chi connectivity index (χ2n) is 6.32. The number of carbonyl (C=O) groups excluding carboxylic acids is 1. The van der Waals surface area contributed by atoms with Crippen LogP contribution in [0.15, 0.2) is 42.5 Å². The van der Waals surface area contributed by atoms with Gasteiger partial charge in [-0.25, -0.2) is 0 Å². The van der Waals surface area contributed by atoms with Crippen LogP contribution in [0.3, 0.4) is 0 Å². The number of nitrogens with zero attached hydrogens (tertiary/aromatic N) is 2. The van der Waals surface area contributed by atoms with Crippen molar-refractivity contribution in [2.45, 2.75) is 25.8 Å². The molecule has 0 radical (unpaired) electrons. The first-order chi connectivity index (χ1) is 12.6. The summed E-state index contributed by atoms with van der Waals surface area (Å²) in [5.41, 5.74) is 3.02. The zero-order chi connectivity index (χ0) is 18.5. The molecule has 1 aliphatic heterocycles. The molecular weight excluding hydrogens is 348 g/mol. The van der Waals surface area contributed by atoms with Crippen molar-refractivity contribution in [3.63, 3.8) is 0 Å². The summed E-state index contributed by atoms with van der Waals surface area (Å²) in [5.74, 6) is 0.0591. The van der Waals surface area contributed by atoms with E-state index in [-0.39, 0.29) is 11.9 Å². The lowest BCUT2D eigenvalue weighted by atomic mass is 10.0. The van der Waals surface area contributed by atoms with Gasteiger partial charge in [0.1, 0.15) is 6.07 Å². The largest absolute Gasteiger partial charge is 0.381 e. The lowest BCUT2D eigenvalue weighted by Gasteiger charge is -2.33. The summed E-state index contributed by atoms with van der Waals surface area (Å²) in [4.78, 5) is 14.8.